The van der Waals surface area contributed by atoms with E-state index in [1.54, 1.807) is 36.5 Å². The second-order valence-corrected chi connectivity index (χ2v) is 6.63. The predicted molar refractivity (Wildman–Crippen MR) is 100 cm³/mol. The number of phenols is 1. The third kappa shape index (κ3) is 4.03. The van der Waals surface area contributed by atoms with Crippen molar-refractivity contribution in [3.8, 4) is 16.9 Å². The van der Waals surface area contributed by atoms with Crippen molar-refractivity contribution in [1.82, 2.24) is 4.98 Å². The lowest BCUT2D eigenvalue weighted by atomic mass is 10.0. The fourth-order valence-electron chi connectivity index (χ4n) is 3.03. The number of carbonyl (C=O) groups is 1. The average molecular weight is 358 g/mol. The number of phenolic OH excluding ortho intramolecular Hbond substituents is 1. The fraction of sp³-hybridized carbons (Fsp3) is 0.250. The Morgan fingerprint density at radius 2 is 1.80 bits per heavy atom. The first kappa shape index (κ1) is 17.5. The Labute approximate surface area is 151 Å². The minimum Gasteiger partial charge on any atom is -0.508 e. The van der Waals surface area contributed by atoms with Gasteiger partial charge in [-0.1, -0.05) is 36.6 Å². The standard InChI is InChI=1S/C15H10ClNO2.C5H10O/c16-14-6-15-13(10(8-18)7-17-15)5-12(14)9-1-3-11(19)4-2-9;6-5-3-1-2-4-5/h1-8,17,19H;5-6H,1-4H2. The molecule has 0 atom stereocenters. The molecule has 0 bridgehead atoms. The molecule has 1 aromatic heterocycles. The van der Waals surface area contributed by atoms with Gasteiger partial charge < -0.3 is 15.2 Å². The lowest BCUT2D eigenvalue weighted by Crippen LogP contribution is -1.94. The van der Waals surface area contributed by atoms with Crippen LogP contribution in [-0.4, -0.2) is 27.6 Å². The predicted octanol–water partition coefficient (Wildman–Crippen LogP) is 4.93. The number of carbonyl (C=O) groups excluding carboxylic acids is 1. The molecule has 1 aliphatic carbocycles. The molecule has 0 amide bonds. The van der Waals surface area contributed by atoms with Crippen LogP contribution in [0.3, 0.4) is 0 Å². The molecule has 1 aliphatic rings. The smallest absolute Gasteiger partial charge is 0.152 e. The molecule has 5 heteroatoms. The Bertz CT molecular complexity index is 865. The second-order valence-electron chi connectivity index (χ2n) is 6.22. The molecule has 0 unspecified atom stereocenters. The number of aromatic hydroxyl groups is 1. The van der Waals surface area contributed by atoms with Gasteiger partial charge in [0.1, 0.15) is 5.75 Å². The lowest BCUT2D eigenvalue weighted by Gasteiger charge is -2.06. The van der Waals surface area contributed by atoms with E-state index < -0.39 is 0 Å². The van der Waals surface area contributed by atoms with E-state index in [4.69, 9.17) is 16.7 Å². The number of aromatic nitrogens is 1. The van der Waals surface area contributed by atoms with Gasteiger partial charge in [-0.2, -0.15) is 0 Å². The molecule has 2 aromatic carbocycles. The van der Waals surface area contributed by atoms with Crippen LogP contribution in [0.15, 0.2) is 42.6 Å². The molecule has 4 rings (SSSR count). The number of hydrogen-bond donors (Lipinski definition) is 3. The van der Waals surface area contributed by atoms with E-state index in [2.05, 4.69) is 4.98 Å². The number of hydrogen-bond acceptors (Lipinski definition) is 3. The van der Waals surface area contributed by atoms with Crippen molar-refractivity contribution >= 4 is 28.8 Å². The first-order valence-electron chi connectivity index (χ1n) is 8.32. The summed E-state index contributed by atoms with van der Waals surface area (Å²) in [4.78, 5) is 14.0. The molecular formula is C20H20ClNO3. The number of nitrogens with one attached hydrogen (secondary N) is 1. The van der Waals surface area contributed by atoms with E-state index in [9.17, 15) is 9.90 Å². The summed E-state index contributed by atoms with van der Waals surface area (Å²) in [6.45, 7) is 0. The van der Waals surface area contributed by atoms with Crippen LogP contribution >= 0.6 is 11.6 Å². The zero-order chi connectivity index (χ0) is 17.8. The number of halogens is 1. The van der Waals surface area contributed by atoms with Crippen LogP contribution in [0, 0.1) is 0 Å². The summed E-state index contributed by atoms with van der Waals surface area (Å²) in [5.74, 6) is 0.205. The van der Waals surface area contributed by atoms with Crippen LogP contribution in [0.25, 0.3) is 22.0 Å². The summed E-state index contributed by atoms with van der Waals surface area (Å²) < 4.78 is 0. The van der Waals surface area contributed by atoms with E-state index >= 15 is 0 Å². The van der Waals surface area contributed by atoms with E-state index in [0.717, 1.165) is 41.2 Å². The highest BCUT2D eigenvalue weighted by molar-refractivity contribution is 6.34. The van der Waals surface area contributed by atoms with Gasteiger partial charge in [0.25, 0.3) is 0 Å². The number of fused-ring (bicyclic) bond motifs is 1. The van der Waals surface area contributed by atoms with Gasteiger partial charge in [0.05, 0.1) is 11.1 Å². The number of H-pyrrole nitrogens is 1. The maximum absolute atomic E-state index is 11.0. The maximum Gasteiger partial charge on any atom is 0.152 e. The zero-order valence-corrected chi connectivity index (χ0v) is 14.5. The molecule has 0 radical (unpaired) electrons. The van der Waals surface area contributed by atoms with Crippen molar-refractivity contribution in [3.63, 3.8) is 0 Å². The average Bonchev–Trinajstić information content (AvgIpc) is 3.24. The monoisotopic (exact) mass is 357 g/mol. The highest BCUT2D eigenvalue weighted by atomic mass is 35.5. The van der Waals surface area contributed by atoms with Crippen LogP contribution in [-0.2, 0) is 0 Å². The number of rotatable bonds is 2. The van der Waals surface area contributed by atoms with Crippen LogP contribution < -0.4 is 0 Å². The van der Waals surface area contributed by atoms with Crippen molar-refractivity contribution in [3.05, 3.63) is 53.2 Å². The minimum absolute atomic E-state index is 0.0463. The van der Waals surface area contributed by atoms with E-state index in [-0.39, 0.29) is 11.9 Å². The molecule has 130 valence electrons. The molecular weight excluding hydrogens is 338 g/mol. The lowest BCUT2D eigenvalue weighted by molar-refractivity contribution is 0.112. The summed E-state index contributed by atoms with van der Waals surface area (Å²) in [5.41, 5.74) is 3.15. The van der Waals surface area contributed by atoms with E-state index in [1.165, 1.54) is 12.8 Å². The Kier molecular flexibility index (Phi) is 5.41. The second kappa shape index (κ2) is 7.72. The van der Waals surface area contributed by atoms with Crippen molar-refractivity contribution in [2.24, 2.45) is 0 Å². The van der Waals surface area contributed by atoms with Gasteiger partial charge in [0, 0.05) is 28.2 Å². The van der Waals surface area contributed by atoms with Gasteiger partial charge in [-0.05, 0) is 42.7 Å². The molecule has 1 heterocycles. The number of aliphatic hydroxyl groups excluding tert-OH is 1. The highest BCUT2D eigenvalue weighted by Gasteiger charge is 2.10. The fourth-order valence-corrected chi connectivity index (χ4v) is 3.30. The molecule has 0 spiro atoms. The summed E-state index contributed by atoms with van der Waals surface area (Å²) in [6, 6.07) is 10.5. The van der Waals surface area contributed by atoms with Crippen molar-refractivity contribution in [1.29, 1.82) is 0 Å². The normalized spacial score (nSPS) is 14.3. The summed E-state index contributed by atoms with van der Waals surface area (Å²) in [5, 5.41) is 19.5. The van der Waals surface area contributed by atoms with Gasteiger partial charge in [-0.25, -0.2) is 0 Å². The Morgan fingerprint density at radius 3 is 2.36 bits per heavy atom. The minimum atomic E-state index is 0.0463. The van der Waals surface area contributed by atoms with Gasteiger partial charge in [0.15, 0.2) is 6.29 Å². The topological polar surface area (TPSA) is 73.3 Å². The number of aldehydes is 1. The van der Waals surface area contributed by atoms with Crippen molar-refractivity contribution < 1.29 is 15.0 Å². The van der Waals surface area contributed by atoms with Crippen LogP contribution in [0.5, 0.6) is 5.75 Å². The van der Waals surface area contributed by atoms with E-state index in [0.29, 0.717) is 10.6 Å². The van der Waals surface area contributed by atoms with E-state index in [1.807, 2.05) is 6.07 Å². The first-order chi connectivity index (χ1) is 12.1. The van der Waals surface area contributed by atoms with Crippen molar-refractivity contribution in [2.45, 2.75) is 31.8 Å². The van der Waals surface area contributed by atoms with Gasteiger partial charge >= 0.3 is 0 Å². The van der Waals surface area contributed by atoms with Gasteiger partial charge in [0.2, 0.25) is 0 Å². The molecule has 0 aliphatic heterocycles. The molecule has 0 saturated heterocycles. The third-order valence-electron chi connectivity index (χ3n) is 4.43. The quantitative estimate of drug-likeness (QED) is 0.569. The Balaban J connectivity index is 0.000000258. The molecule has 1 fully saturated rings. The largest absolute Gasteiger partial charge is 0.508 e. The molecule has 3 N–H and O–H groups in total. The first-order valence-corrected chi connectivity index (χ1v) is 8.69. The maximum atomic E-state index is 11.0. The van der Waals surface area contributed by atoms with Crippen LogP contribution in [0.4, 0.5) is 0 Å². The van der Waals surface area contributed by atoms with Crippen LogP contribution in [0.2, 0.25) is 5.02 Å². The zero-order valence-electron chi connectivity index (χ0n) is 13.7. The summed E-state index contributed by atoms with van der Waals surface area (Å²) >= 11 is 6.26. The number of aliphatic hydroxyl groups is 1. The number of aromatic amines is 1. The Morgan fingerprint density at radius 1 is 1.12 bits per heavy atom. The van der Waals surface area contributed by atoms with Gasteiger partial charge in [-0.15, -0.1) is 0 Å². The molecule has 25 heavy (non-hydrogen) atoms. The molecule has 4 nitrogen and oxygen atoms in total. The SMILES string of the molecule is O=Cc1c[nH]c2cc(Cl)c(-c3ccc(O)cc3)cc12.OC1CCCC1. The molecule has 3 aromatic rings. The van der Waals surface area contributed by atoms with Gasteiger partial charge in [-0.3, -0.25) is 4.79 Å². The Hall–Kier alpha value is -2.30. The van der Waals surface area contributed by atoms with Crippen molar-refractivity contribution in [2.75, 3.05) is 0 Å². The third-order valence-corrected chi connectivity index (χ3v) is 4.74. The highest BCUT2D eigenvalue weighted by Crippen LogP contribution is 2.33. The summed E-state index contributed by atoms with van der Waals surface area (Å²) in [7, 11) is 0. The number of benzene rings is 2. The molecule has 1 saturated carbocycles. The summed E-state index contributed by atoms with van der Waals surface area (Å²) in [6.07, 6.45) is 7.08. The van der Waals surface area contributed by atoms with Crippen LogP contribution in [0.1, 0.15) is 36.0 Å².